The largest absolute Gasteiger partial charge is 0.497 e. The molecule has 0 aliphatic carbocycles. The van der Waals surface area contributed by atoms with Crippen LogP contribution in [0.4, 0.5) is 9.18 Å². The van der Waals surface area contributed by atoms with Crippen LogP contribution in [0.25, 0.3) is 11.3 Å². The molecule has 1 aromatic heterocycles. The molecule has 2 heterocycles. The lowest BCUT2D eigenvalue weighted by molar-refractivity contribution is 0.135. The van der Waals surface area contributed by atoms with Gasteiger partial charge in [-0.3, -0.25) is 4.90 Å². The minimum absolute atomic E-state index is 0.0847. The van der Waals surface area contributed by atoms with Crippen molar-refractivity contribution < 1.29 is 13.9 Å². The molecule has 0 unspecified atom stereocenters. The van der Waals surface area contributed by atoms with E-state index in [0.29, 0.717) is 19.6 Å². The number of halogens is 1. The molecule has 0 atom stereocenters. The van der Waals surface area contributed by atoms with Gasteiger partial charge >= 0.3 is 6.03 Å². The lowest BCUT2D eigenvalue weighted by Gasteiger charge is -2.34. The highest BCUT2D eigenvalue weighted by atomic mass is 32.1. The van der Waals surface area contributed by atoms with E-state index in [0.717, 1.165) is 47.2 Å². The molecule has 1 aliphatic rings. The number of thiazole rings is 1. The third-order valence-corrected chi connectivity index (χ3v) is 6.13. The summed E-state index contributed by atoms with van der Waals surface area (Å²) in [4.78, 5) is 21.3. The van der Waals surface area contributed by atoms with Crippen LogP contribution in [0.1, 0.15) is 10.6 Å². The molecule has 162 valence electrons. The van der Waals surface area contributed by atoms with E-state index in [-0.39, 0.29) is 11.8 Å². The van der Waals surface area contributed by atoms with Crippen molar-refractivity contribution in [1.82, 2.24) is 20.1 Å². The lowest BCUT2D eigenvalue weighted by atomic mass is 10.2. The maximum absolute atomic E-state index is 13.0. The average Bonchev–Trinajstić information content (AvgIpc) is 3.27. The van der Waals surface area contributed by atoms with Gasteiger partial charge in [-0.2, -0.15) is 0 Å². The Morgan fingerprint density at radius 3 is 2.68 bits per heavy atom. The predicted molar refractivity (Wildman–Crippen MR) is 120 cm³/mol. The molecule has 6 nitrogen and oxygen atoms in total. The van der Waals surface area contributed by atoms with Crippen LogP contribution in [-0.2, 0) is 13.1 Å². The van der Waals surface area contributed by atoms with Crippen LogP contribution in [0.5, 0.6) is 5.75 Å². The lowest BCUT2D eigenvalue weighted by Crippen LogP contribution is -2.51. The minimum atomic E-state index is -0.276. The van der Waals surface area contributed by atoms with Crippen molar-refractivity contribution in [3.63, 3.8) is 0 Å². The minimum Gasteiger partial charge on any atom is -0.497 e. The van der Waals surface area contributed by atoms with Crippen LogP contribution in [0.3, 0.4) is 0 Å². The highest BCUT2D eigenvalue weighted by Gasteiger charge is 2.21. The monoisotopic (exact) mass is 440 g/mol. The first-order valence-electron chi connectivity index (χ1n) is 10.2. The number of piperazine rings is 1. The predicted octanol–water partition coefficient (Wildman–Crippen LogP) is 3.99. The smallest absolute Gasteiger partial charge is 0.317 e. The maximum Gasteiger partial charge on any atom is 0.317 e. The normalized spacial score (nSPS) is 14.5. The van der Waals surface area contributed by atoms with E-state index in [1.807, 2.05) is 29.2 Å². The van der Waals surface area contributed by atoms with Gasteiger partial charge in [-0.05, 0) is 29.8 Å². The number of aromatic nitrogens is 1. The quantitative estimate of drug-likeness (QED) is 0.630. The number of carbonyl (C=O) groups is 1. The first kappa shape index (κ1) is 21.3. The number of hydrogen-bond donors (Lipinski definition) is 1. The van der Waals surface area contributed by atoms with Crippen LogP contribution >= 0.6 is 11.3 Å². The number of ether oxygens (including phenoxy) is 1. The summed E-state index contributed by atoms with van der Waals surface area (Å²) in [5.41, 5.74) is 2.88. The van der Waals surface area contributed by atoms with Gasteiger partial charge in [-0.25, -0.2) is 14.2 Å². The zero-order chi connectivity index (χ0) is 21.6. The summed E-state index contributed by atoms with van der Waals surface area (Å²) in [5.74, 6) is 0.544. The zero-order valence-electron chi connectivity index (χ0n) is 17.4. The second kappa shape index (κ2) is 9.89. The fraction of sp³-hybridized carbons (Fsp3) is 0.304. The number of nitrogens with one attached hydrogen (secondary N) is 1. The van der Waals surface area contributed by atoms with Gasteiger partial charge in [0, 0.05) is 43.7 Å². The summed E-state index contributed by atoms with van der Waals surface area (Å²) in [6, 6.07) is 14.0. The summed E-state index contributed by atoms with van der Waals surface area (Å²) in [7, 11) is 1.66. The molecule has 31 heavy (non-hydrogen) atoms. The van der Waals surface area contributed by atoms with Gasteiger partial charge in [-0.1, -0.05) is 24.3 Å². The van der Waals surface area contributed by atoms with Crippen LogP contribution in [0.2, 0.25) is 0 Å². The Labute approximate surface area is 185 Å². The molecule has 0 spiro atoms. The third-order valence-electron chi connectivity index (χ3n) is 5.29. The molecule has 2 amide bonds. The van der Waals surface area contributed by atoms with E-state index in [1.54, 1.807) is 30.6 Å². The van der Waals surface area contributed by atoms with Crippen LogP contribution < -0.4 is 10.1 Å². The number of nitrogens with zero attached hydrogens (tertiary/aromatic N) is 3. The van der Waals surface area contributed by atoms with Crippen LogP contribution in [0, 0.1) is 5.82 Å². The van der Waals surface area contributed by atoms with Crippen molar-refractivity contribution in [2.75, 3.05) is 33.3 Å². The van der Waals surface area contributed by atoms with E-state index in [2.05, 4.69) is 15.6 Å². The highest BCUT2D eigenvalue weighted by Crippen LogP contribution is 2.26. The number of amides is 2. The van der Waals surface area contributed by atoms with E-state index in [9.17, 15) is 9.18 Å². The fourth-order valence-electron chi connectivity index (χ4n) is 3.49. The molecule has 0 saturated carbocycles. The van der Waals surface area contributed by atoms with Gasteiger partial charge in [0.05, 0.1) is 19.3 Å². The Hall–Kier alpha value is -2.97. The van der Waals surface area contributed by atoms with Crippen molar-refractivity contribution in [2.24, 2.45) is 0 Å². The van der Waals surface area contributed by atoms with Gasteiger partial charge in [0.1, 0.15) is 16.6 Å². The summed E-state index contributed by atoms with van der Waals surface area (Å²) in [6.45, 7) is 4.12. The number of rotatable bonds is 6. The van der Waals surface area contributed by atoms with Gasteiger partial charge in [-0.15, -0.1) is 11.3 Å². The summed E-state index contributed by atoms with van der Waals surface area (Å²) < 4.78 is 18.3. The Bertz CT molecular complexity index is 1020. The summed E-state index contributed by atoms with van der Waals surface area (Å²) >= 11 is 1.65. The molecular weight excluding hydrogens is 415 g/mol. The maximum atomic E-state index is 13.0. The van der Waals surface area contributed by atoms with Crippen LogP contribution in [0.15, 0.2) is 53.9 Å². The molecule has 1 fully saturated rings. The highest BCUT2D eigenvalue weighted by molar-refractivity contribution is 7.09. The first-order chi connectivity index (χ1) is 15.1. The topological polar surface area (TPSA) is 57.7 Å². The Kier molecular flexibility index (Phi) is 6.79. The molecule has 3 aromatic rings. The Balaban J connectivity index is 1.25. The number of carbonyl (C=O) groups excluding carboxylic acids is 1. The molecule has 1 saturated heterocycles. The van der Waals surface area contributed by atoms with Gasteiger partial charge in [0.25, 0.3) is 0 Å². The summed E-state index contributed by atoms with van der Waals surface area (Å²) in [5, 5.41) is 6.04. The average molecular weight is 441 g/mol. The van der Waals surface area contributed by atoms with E-state index in [4.69, 9.17) is 9.72 Å². The van der Waals surface area contributed by atoms with Crippen molar-refractivity contribution in [2.45, 2.75) is 13.1 Å². The Morgan fingerprint density at radius 1 is 1.16 bits per heavy atom. The van der Waals surface area contributed by atoms with E-state index >= 15 is 0 Å². The second-order valence-electron chi connectivity index (χ2n) is 7.41. The molecule has 8 heteroatoms. The van der Waals surface area contributed by atoms with E-state index < -0.39 is 0 Å². The van der Waals surface area contributed by atoms with E-state index in [1.165, 1.54) is 12.1 Å². The number of hydrogen-bond acceptors (Lipinski definition) is 5. The molecule has 1 N–H and O–H groups in total. The van der Waals surface area contributed by atoms with Gasteiger partial charge < -0.3 is 15.0 Å². The molecule has 0 radical (unpaired) electrons. The van der Waals surface area contributed by atoms with Crippen molar-refractivity contribution in [1.29, 1.82) is 0 Å². The molecule has 0 bridgehead atoms. The molecule has 4 rings (SSSR count). The SMILES string of the molecule is COc1cccc(-c2csc(CN3CCN(C(=O)NCc4ccc(F)cc4)CC3)n2)c1. The fourth-order valence-corrected chi connectivity index (χ4v) is 4.34. The second-order valence-corrected chi connectivity index (χ2v) is 8.35. The first-order valence-corrected chi connectivity index (χ1v) is 11.1. The molecular formula is C23H25FN4O2S. The third kappa shape index (κ3) is 5.59. The van der Waals surface area contributed by atoms with Crippen molar-refractivity contribution >= 4 is 17.4 Å². The standard InChI is InChI=1S/C23H25FN4O2S/c1-30-20-4-2-3-18(13-20)21-16-31-22(26-21)15-27-9-11-28(12-10-27)23(29)25-14-17-5-7-19(24)8-6-17/h2-8,13,16H,9-12,14-15H2,1H3,(H,25,29). The van der Waals surface area contributed by atoms with Gasteiger partial charge in [0.15, 0.2) is 0 Å². The molecule has 2 aromatic carbocycles. The van der Waals surface area contributed by atoms with Crippen molar-refractivity contribution in [3.05, 3.63) is 70.3 Å². The van der Waals surface area contributed by atoms with Crippen molar-refractivity contribution in [3.8, 4) is 17.0 Å². The molecule has 1 aliphatic heterocycles. The number of methoxy groups -OCH3 is 1. The zero-order valence-corrected chi connectivity index (χ0v) is 18.2. The number of benzene rings is 2. The number of urea groups is 1. The van der Waals surface area contributed by atoms with Gasteiger partial charge in [0.2, 0.25) is 0 Å². The Morgan fingerprint density at radius 2 is 1.94 bits per heavy atom. The van der Waals surface area contributed by atoms with Crippen LogP contribution in [-0.4, -0.2) is 54.1 Å². The summed E-state index contributed by atoms with van der Waals surface area (Å²) in [6.07, 6.45) is 0.